The molecule has 112 valence electrons. The minimum atomic E-state index is -4.52. The fraction of sp³-hybridized carbons (Fsp3) is 1.00. The van der Waals surface area contributed by atoms with E-state index in [0.717, 1.165) is 12.8 Å². The predicted octanol–water partition coefficient (Wildman–Crippen LogP) is 4.06. The summed E-state index contributed by atoms with van der Waals surface area (Å²) in [6.45, 7) is 9.50. The Morgan fingerprint density at radius 1 is 0.833 bits per heavy atom. The van der Waals surface area contributed by atoms with Gasteiger partial charge < -0.3 is 0 Å². The molecule has 1 atom stereocenters. The molecule has 0 aliphatic heterocycles. The third-order valence-electron chi connectivity index (χ3n) is 4.00. The van der Waals surface area contributed by atoms with Crippen LogP contribution in [0.25, 0.3) is 0 Å². The van der Waals surface area contributed by atoms with Gasteiger partial charge in [0.1, 0.15) is 0 Å². The maximum absolute atomic E-state index is 10.3. The van der Waals surface area contributed by atoms with E-state index in [9.17, 15) is 14.7 Å². The van der Waals surface area contributed by atoms with Crippen molar-refractivity contribution in [1.82, 2.24) is 0 Å². The molecule has 0 bridgehead atoms. The monoisotopic (exact) mass is 280 g/mol. The van der Waals surface area contributed by atoms with Crippen LogP contribution in [0.4, 0.5) is 0 Å². The molecule has 3 N–H and O–H groups in total. The van der Waals surface area contributed by atoms with Crippen LogP contribution in [0.15, 0.2) is 0 Å². The van der Waals surface area contributed by atoms with Crippen LogP contribution in [0.5, 0.6) is 0 Å². The Labute approximate surface area is 113 Å². The fourth-order valence-electron chi connectivity index (χ4n) is 2.49. The first kappa shape index (κ1) is 18.3. The Hall–Kier alpha value is 0.310. The zero-order chi connectivity index (χ0) is 14.4. The van der Waals surface area contributed by atoms with Gasteiger partial charge in [0.05, 0.1) is 0 Å². The van der Waals surface area contributed by atoms with Crippen molar-refractivity contribution in [2.75, 3.05) is 0 Å². The Morgan fingerprint density at radius 2 is 1.33 bits per heavy atom. The van der Waals surface area contributed by atoms with Gasteiger partial charge in [0.15, 0.2) is 0 Å². The SMILES string of the molecule is CCCCCCCC(C(C)C)P(O)(O)(O)C(C)C. The van der Waals surface area contributed by atoms with E-state index >= 15 is 0 Å². The van der Waals surface area contributed by atoms with Crippen molar-refractivity contribution in [3.05, 3.63) is 0 Å². The van der Waals surface area contributed by atoms with E-state index < -0.39 is 12.9 Å². The van der Waals surface area contributed by atoms with E-state index in [1.807, 2.05) is 13.8 Å². The van der Waals surface area contributed by atoms with Crippen molar-refractivity contribution in [1.29, 1.82) is 0 Å². The average molecular weight is 280 g/mol. The van der Waals surface area contributed by atoms with E-state index in [4.69, 9.17) is 0 Å². The molecule has 0 radical (unpaired) electrons. The molecule has 0 saturated heterocycles. The number of unbranched alkanes of at least 4 members (excludes halogenated alkanes) is 4. The summed E-state index contributed by atoms with van der Waals surface area (Å²) < 4.78 is 0. The van der Waals surface area contributed by atoms with Gasteiger partial charge in [0, 0.05) is 0 Å². The molecule has 0 heterocycles. The summed E-state index contributed by atoms with van der Waals surface area (Å²) >= 11 is 0. The van der Waals surface area contributed by atoms with Crippen LogP contribution in [-0.4, -0.2) is 26.0 Å². The number of hydrogen-bond donors (Lipinski definition) is 3. The van der Waals surface area contributed by atoms with Crippen molar-refractivity contribution in [2.45, 2.75) is 84.5 Å². The number of rotatable bonds is 9. The van der Waals surface area contributed by atoms with Crippen molar-refractivity contribution in [3.8, 4) is 0 Å². The average Bonchev–Trinajstić information content (AvgIpc) is 2.21. The standard InChI is InChI=1S/C14H33O3P/c1-6-7-8-9-10-11-14(12(2)3)18(15,16,17)13(4)5/h12-17H,6-11H2,1-5H3. The molecule has 18 heavy (non-hydrogen) atoms. The van der Waals surface area contributed by atoms with Gasteiger partial charge in [-0.15, -0.1) is 0 Å². The van der Waals surface area contributed by atoms with E-state index in [1.165, 1.54) is 19.3 Å². The molecule has 0 aromatic heterocycles. The summed E-state index contributed by atoms with van der Waals surface area (Å²) in [6, 6.07) is 0. The van der Waals surface area contributed by atoms with Crippen molar-refractivity contribution in [2.24, 2.45) is 5.92 Å². The molecule has 0 spiro atoms. The summed E-state index contributed by atoms with van der Waals surface area (Å²) in [5.74, 6) is 0.0937. The first-order valence-electron chi connectivity index (χ1n) is 7.37. The van der Waals surface area contributed by atoms with Gasteiger partial charge in [-0.2, -0.15) is 0 Å². The Bertz CT molecular complexity index is 231. The minimum absolute atomic E-state index is 0.0937. The van der Waals surface area contributed by atoms with Crippen LogP contribution in [0.1, 0.15) is 73.1 Å². The molecule has 0 aromatic carbocycles. The zero-order valence-electron chi connectivity index (χ0n) is 12.8. The molecule has 0 aliphatic carbocycles. The molecule has 1 unspecified atom stereocenters. The molecule has 0 fully saturated rings. The first-order valence-corrected chi connectivity index (χ1v) is 9.61. The topological polar surface area (TPSA) is 60.7 Å². The van der Waals surface area contributed by atoms with Crippen LogP contribution in [0.3, 0.4) is 0 Å². The van der Waals surface area contributed by atoms with E-state index in [-0.39, 0.29) is 11.6 Å². The first-order chi connectivity index (χ1) is 8.12. The van der Waals surface area contributed by atoms with Crippen molar-refractivity contribution in [3.63, 3.8) is 0 Å². The molecule has 0 aromatic rings. The third-order valence-corrected chi connectivity index (χ3v) is 8.11. The summed E-state index contributed by atoms with van der Waals surface area (Å²) in [4.78, 5) is 31.0. The second kappa shape index (κ2) is 7.19. The third kappa shape index (κ3) is 5.13. The maximum atomic E-state index is 10.3. The van der Waals surface area contributed by atoms with Gasteiger partial charge in [-0.3, -0.25) is 0 Å². The molecular weight excluding hydrogens is 247 g/mol. The van der Waals surface area contributed by atoms with Crippen LogP contribution in [0, 0.1) is 5.92 Å². The van der Waals surface area contributed by atoms with Gasteiger partial charge in [0.25, 0.3) is 0 Å². The van der Waals surface area contributed by atoms with Gasteiger partial charge >= 0.3 is 112 Å². The van der Waals surface area contributed by atoms with E-state index in [1.54, 1.807) is 13.8 Å². The van der Waals surface area contributed by atoms with Gasteiger partial charge in [-0.25, -0.2) is 0 Å². The summed E-state index contributed by atoms with van der Waals surface area (Å²) in [5.41, 5.74) is -0.850. The molecule has 0 saturated carbocycles. The van der Waals surface area contributed by atoms with E-state index in [2.05, 4.69) is 6.92 Å². The second-order valence-electron chi connectivity index (χ2n) is 6.22. The Balaban J connectivity index is 4.49. The molecule has 0 aliphatic rings. The van der Waals surface area contributed by atoms with E-state index in [0.29, 0.717) is 6.42 Å². The van der Waals surface area contributed by atoms with Crippen LogP contribution >= 0.6 is 7.28 Å². The molecule has 4 heteroatoms. The van der Waals surface area contributed by atoms with Crippen LogP contribution in [0.2, 0.25) is 0 Å². The molecule has 0 rings (SSSR count). The quantitative estimate of drug-likeness (QED) is 0.441. The van der Waals surface area contributed by atoms with Crippen LogP contribution < -0.4 is 0 Å². The summed E-state index contributed by atoms with van der Waals surface area (Å²) in [5, 5.41) is 0. The van der Waals surface area contributed by atoms with Crippen LogP contribution in [-0.2, 0) is 0 Å². The Kier molecular flexibility index (Phi) is 7.31. The predicted molar refractivity (Wildman–Crippen MR) is 80.7 cm³/mol. The Morgan fingerprint density at radius 3 is 1.72 bits per heavy atom. The summed E-state index contributed by atoms with van der Waals surface area (Å²) in [7, 11) is -4.52. The van der Waals surface area contributed by atoms with Gasteiger partial charge in [0.2, 0.25) is 0 Å². The van der Waals surface area contributed by atoms with Crippen molar-refractivity contribution >= 4 is 7.28 Å². The number of hydrogen-bond acceptors (Lipinski definition) is 3. The normalized spacial score (nSPS) is 16.9. The van der Waals surface area contributed by atoms with Gasteiger partial charge in [-0.05, 0) is 0 Å². The molecular formula is C14H33O3P. The van der Waals surface area contributed by atoms with Crippen molar-refractivity contribution < 1.29 is 14.7 Å². The molecule has 0 amide bonds. The zero-order valence-corrected chi connectivity index (χ0v) is 13.7. The molecule has 3 nitrogen and oxygen atoms in total. The van der Waals surface area contributed by atoms with Gasteiger partial charge in [-0.1, -0.05) is 0 Å². The summed E-state index contributed by atoms with van der Waals surface area (Å²) in [6.07, 6.45) is 6.43. The fourth-order valence-corrected chi connectivity index (χ4v) is 5.08. The second-order valence-corrected chi connectivity index (χ2v) is 10.1.